The van der Waals surface area contributed by atoms with Gasteiger partial charge in [0, 0.05) is 25.7 Å². The molecule has 0 aromatic carbocycles. The average Bonchev–Trinajstić information content (AvgIpc) is 3.61. The molecule has 19 heteroatoms. The van der Waals surface area contributed by atoms with Gasteiger partial charge >= 0.3 is 39.5 Å². The van der Waals surface area contributed by atoms with Gasteiger partial charge < -0.3 is 33.8 Å². The van der Waals surface area contributed by atoms with Crippen molar-refractivity contribution in [3.05, 3.63) is 0 Å². The number of esters is 4. The number of unbranched alkanes of at least 4 members (excludes halogenated alkanes) is 36. The molecule has 534 valence electrons. The fraction of sp³-hybridized carbons (Fsp3) is 0.944. The van der Waals surface area contributed by atoms with Crippen LogP contribution in [0.2, 0.25) is 0 Å². The lowest BCUT2D eigenvalue weighted by Crippen LogP contribution is -2.30. The Labute approximate surface area is 549 Å². The largest absolute Gasteiger partial charge is 0.472 e. The topological polar surface area (TPSA) is 237 Å². The summed E-state index contributed by atoms with van der Waals surface area (Å²) in [6.07, 6.45) is 45.8. The maximum atomic E-state index is 13.0. The van der Waals surface area contributed by atoms with Crippen molar-refractivity contribution >= 4 is 39.5 Å². The van der Waals surface area contributed by atoms with Gasteiger partial charge in [0.1, 0.15) is 19.3 Å². The first kappa shape index (κ1) is 88.1. The number of phosphoric acid groups is 2. The molecule has 0 aliphatic carbocycles. The van der Waals surface area contributed by atoms with E-state index in [1.165, 1.54) is 154 Å². The smallest absolute Gasteiger partial charge is 0.462 e. The third-order valence-corrected chi connectivity index (χ3v) is 18.6. The van der Waals surface area contributed by atoms with Gasteiger partial charge in [-0.1, -0.05) is 305 Å². The van der Waals surface area contributed by atoms with Crippen LogP contribution in [0.25, 0.3) is 0 Å². The van der Waals surface area contributed by atoms with Crippen molar-refractivity contribution in [2.24, 2.45) is 17.8 Å². The molecule has 3 unspecified atom stereocenters. The Kier molecular flexibility index (Phi) is 60.6. The zero-order valence-corrected chi connectivity index (χ0v) is 60.4. The molecule has 0 aromatic rings. The monoisotopic (exact) mass is 1320 g/mol. The summed E-state index contributed by atoms with van der Waals surface area (Å²) in [5.74, 6) is 0.212. The van der Waals surface area contributed by atoms with Gasteiger partial charge in [-0.05, 0) is 43.4 Å². The number of hydrogen-bond donors (Lipinski definition) is 3. The molecule has 0 fully saturated rings. The van der Waals surface area contributed by atoms with Crippen molar-refractivity contribution in [3.8, 4) is 0 Å². The van der Waals surface area contributed by atoms with Crippen LogP contribution in [-0.2, 0) is 65.4 Å². The second-order valence-electron chi connectivity index (χ2n) is 26.8. The van der Waals surface area contributed by atoms with Gasteiger partial charge in [0.25, 0.3) is 0 Å². The second kappa shape index (κ2) is 61.9. The lowest BCUT2D eigenvalue weighted by molar-refractivity contribution is -0.161. The van der Waals surface area contributed by atoms with Gasteiger partial charge in [-0.25, -0.2) is 9.13 Å². The zero-order valence-electron chi connectivity index (χ0n) is 58.6. The number of aliphatic hydroxyl groups excluding tert-OH is 1. The van der Waals surface area contributed by atoms with Gasteiger partial charge in [0.15, 0.2) is 12.2 Å². The number of carbonyl (C=O) groups is 4. The molecule has 0 bridgehead atoms. The molecule has 0 saturated heterocycles. The van der Waals surface area contributed by atoms with Crippen molar-refractivity contribution in [1.29, 1.82) is 0 Å². The minimum absolute atomic E-state index is 0.105. The van der Waals surface area contributed by atoms with Crippen LogP contribution in [0.1, 0.15) is 357 Å². The van der Waals surface area contributed by atoms with E-state index in [1.54, 1.807) is 0 Å². The van der Waals surface area contributed by atoms with E-state index in [4.69, 9.17) is 37.0 Å². The lowest BCUT2D eigenvalue weighted by Gasteiger charge is -2.21. The van der Waals surface area contributed by atoms with Gasteiger partial charge in [-0.15, -0.1) is 0 Å². The van der Waals surface area contributed by atoms with Crippen LogP contribution < -0.4 is 0 Å². The third-order valence-electron chi connectivity index (χ3n) is 16.7. The molecule has 0 aromatic heterocycles. The Hall–Kier alpha value is -1.94. The Morgan fingerprint density at radius 3 is 0.844 bits per heavy atom. The normalized spacial score (nSPS) is 14.5. The maximum Gasteiger partial charge on any atom is 0.472 e. The summed E-state index contributed by atoms with van der Waals surface area (Å²) in [6.45, 7) is 11.8. The number of aliphatic hydroxyl groups is 1. The molecule has 0 radical (unpaired) electrons. The molecule has 6 atom stereocenters. The lowest BCUT2D eigenvalue weighted by atomic mass is 9.99. The van der Waals surface area contributed by atoms with Crippen molar-refractivity contribution in [2.45, 2.75) is 375 Å². The van der Waals surface area contributed by atoms with Crippen molar-refractivity contribution in [3.63, 3.8) is 0 Å². The molecule has 0 amide bonds. The Morgan fingerprint density at radius 1 is 0.322 bits per heavy atom. The second-order valence-corrected chi connectivity index (χ2v) is 29.7. The highest BCUT2D eigenvalue weighted by molar-refractivity contribution is 7.47. The number of rotatable bonds is 69. The van der Waals surface area contributed by atoms with E-state index in [-0.39, 0.29) is 25.7 Å². The summed E-state index contributed by atoms with van der Waals surface area (Å²) in [5, 5.41) is 10.6. The molecule has 0 aliphatic rings. The Morgan fingerprint density at radius 2 is 0.567 bits per heavy atom. The number of carbonyl (C=O) groups excluding carboxylic acids is 4. The predicted molar refractivity (Wildman–Crippen MR) is 363 cm³/mol. The van der Waals surface area contributed by atoms with E-state index in [0.717, 1.165) is 120 Å². The summed E-state index contributed by atoms with van der Waals surface area (Å²) in [6, 6.07) is 0. The summed E-state index contributed by atoms with van der Waals surface area (Å²) in [7, 11) is -9.90. The molecule has 0 spiro atoms. The minimum atomic E-state index is -4.95. The molecule has 0 heterocycles. The summed E-state index contributed by atoms with van der Waals surface area (Å²) >= 11 is 0. The minimum Gasteiger partial charge on any atom is -0.462 e. The summed E-state index contributed by atoms with van der Waals surface area (Å²) < 4.78 is 68.2. The third kappa shape index (κ3) is 63.5. The standard InChI is InChI=1S/C71H138O17P2/c1-8-10-11-12-28-38-45-52-68(73)81-58-66(87-71(76)55-48-41-34-27-21-23-30-36-43-50-63(5)6)60-85-89(77,78)83-56-65(72)57-84-90(79,80)86-61-67(59-82-69(74)53-46-39-32-25-20-19-24-31-37-44-51-64(7)9-2)88-70(75)54-47-40-33-26-18-16-14-13-15-17-22-29-35-42-49-62(3)4/h62-67,72H,8-61H2,1-7H3,(H,77,78)(H,79,80)/t64?,65-,66+,67+/m0/s1. The number of ether oxygens (including phenoxy) is 4. The first-order valence-corrected chi connectivity index (χ1v) is 39.9. The SMILES string of the molecule is CCCCCCCCCC(=O)OC[C@H](COP(=O)(O)OC[C@H](O)COP(=O)(O)OC[C@@H](COC(=O)CCCCCCCCCCCCC(C)CC)OC(=O)CCCCCCCCCCCCCCCCC(C)C)OC(=O)CCCCCCCCCCCC(C)C. The van der Waals surface area contributed by atoms with Gasteiger partial charge in [-0.3, -0.25) is 37.3 Å². The van der Waals surface area contributed by atoms with Gasteiger partial charge in [0.05, 0.1) is 26.4 Å². The van der Waals surface area contributed by atoms with Gasteiger partial charge in [-0.2, -0.15) is 0 Å². The van der Waals surface area contributed by atoms with E-state index < -0.39 is 97.5 Å². The quantitative estimate of drug-likeness (QED) is 0.0222. The molecule has 17 nitrogen and oxygen atoms in total. The van der Waals surface area contributed by atoms with Crippen LogP contribution >= 0.6 is 15.6 Å². The first-order chi connectivity index (χ1) is 43.3. The fourth-order valence-electron chi connectivity index (χ4n) is 10.7. The Bertz CT molecular complexity index is 1770. The molecule has 0 aliphatic heterocycles. The zero-order chi connectivity index (χ0) is 66.6. The van der Waals surface area contributed by atoms with Crippen molar-refractivity contribution in [2.75, 3.05) is 39.6 Å². The highest BCUT2D eigenvalue weighted by atomic mass is 31.2. The highest BCUT2D eigenvalue weighted by Gasteiger charge is 2.30. The summed E-state index contributed by atoms with van der Waals surface area (Å²) in [5.41, 5.74) is 0. The highest BCUT2D eigenvalue weighted by Crippen LogP contribution is 2.45. The number of hydrogen-bond acceptors (Lipinski definition) is 15. The molecule has 0 rings (SSSR count). The van der Waals surface area contributed by atoms with Crippen LogP contribution in [0.15, 0.2) is 0 Å². The van der Waals surface area contributed by atoms with E-state index in [1.807, 2.05) is 0 Å². The maximum absolute atomic E-state index is 13.0. The molecule has 3 N–H and O–H groups in total. The van der Waals surface area contributed by atoms with Crippen LogP contribution in [0, 0.1) is 17.8 Å². The Balaban J connectivity index is 5.21. The average molecular weight is 1330 g/mol. The molecular weight excluding hydrogens is 1190 g/mol. The van der Waals surface area contributed by atoms with Crippen molar-refractivity contribution in [1.82, 2.24) is 0 Å². The van der Waals surface area contributed by atoms with E-state index in [2.05, 4.69) is 48.5 Å². The molecular formula is C71H138O17P2. The molecule has 0 saturated carbocycles. The van der Waals surface area contributed by atoms with Crippen LogP contribution in [-0.4, -0.2) is 96.7 Å². The van der Waals surface area contributed by atoms with E-state index in [9.17, 15) is 43.2 Å². The van der Waals surface area contributed by atoms with E-state index >= 15 is 0 Å². The first-order valence-electron chi connectivity index (χ1n) is 36.9. The fourth-order valence-corrected chi connectivity index (χ4v) is 12.3. The molecule has 90 heavy (non-hydrogen) atoms. The van der Waals surface area contributed by atoms with Crippen LogP contribution in [0.4, 0.5) is 0 Å². The van der Waals surface area contributed by atoms with Crippen molar-refractivity contribution < 1.29 is 80.2 Å². The number of phosphoric ester groups is 2. The van der Waals surface area contributed by atoms with Gasteiger partial charge in [0.2, 0.25) is 0 Å². The van der Waals surface area contributed by atoms with Crippen LogP contribution in [0.5, 0.6) is 0 Å². The summed E-state index contributed by atoms with van der Waals surface area (Å²) in [4.78, 5) is 72.5. The van der Waals surface area contributed by atoms with Crippen LogP contribution in [0.3, 0.4) is 0 Å². The predicted octanol–water partition coefficient (Wildman–Crippen LogP) is 20.2. The van der Waals surface area contributed by atoms with E-state index in [0.29, 0.717) is 25.7 Å².